The van der Waals surface area contributed by atoms with Crippen LogP contribution < -0.4 is 21.2 Å². The highest BCUT2D eigenvalue weighted by Crippen LogP contribution is 2.39. The van der Waals surface area contributed by atoms with Gasteiger partial charge in [-0.15, -0.1) is 0 Å². The number of rotatable bonds is 6. The normalized spacial score (nSPS) is 15.0. The molecule has 0 aromatic heterocycles. The van der Waals surface area contributed by atoms with E-state index in [1.165, 1.54) is 59.3 Å². The second kappa shape index (κ2) is 9.59. The average molecular weight is 402 g/mol. The maximum absolute atomic E-state index is 4.04. The van der Waals surface area contributed by atoms with Crippen LogP contribution >= 0.6 is 7.92 Å². The van der Waals surface area contributed by atoms with E-state index in [2.05, 4.69) is 98.0 Å². The van der Waals surface area contributed by atoms with Crippen LogP contribution in [0, 0.1) is 0 Å². The molecule has 4 rings (SSSR count). The van der Waals surface area contributed by atoms with Crippen LogP contribution in [-0.4, -0.2) is 6.04 Å². The summed E-state index contributed by atoms with van der Waals surface area (Å²) in [4.78, 5) is 0. The first-order valence-corrected chi connectivity index (χ1v) is 12.4. The molecule has 2 heteroatoms. The van der Waals surface area contributed by atoms with Crippen molar-refractivity contribution in [3.8, 4) is 0 Å². The second-order valence-corrected chi connectivity index (χ2v) is 10.6. The van der Waals surface area contributed by atoms with Gasteiger partial charge in [0.1, 0.15) is 0 Å². The Labute approximate surface area is 177 Å². The van der Waals surface area contributed by atoms with Crippen molar-refractivity contribution in [2.45, 2.75) is 57.9 Å². The topological polar surface area (TPSA) is 12.0 Å². The summed E-state index contributed by atoms with van der Waals surface area (Å²) in [5, 5.41) is 8.34. The first-order valence-electron chi connectivity index (χ1n) is 11.0. The van der Waals surface area contributed by atoms with Crippen LogP contribution in [0.15, 0.2) is 78.9 Å². The summed E-state index contributed by atoms with van der Waals surface area (Å²) >= 11 is 0. The predicted molar refractivity (Wildman–Crippen MR) is 130 cm³/mol. The molecule has 1 aliphatic carbocycles. The van der Waals surface area contributed by atoms with Gasteiger partial charge in [-0.05, 0) is 42.9 Å². The van der Waals surface area contributed by atoms with Gasteiger partial charge in [0.2, 0.25) is 0 Å². The Bertz CT molecular complexity index is 859. The second-order valence-electron chi connectivity index (χ2n) is 8.38. The first-order chi connectivity index (χ1) is 14.2. The van der Waals surface area contributed by atoms with E-state index in [1.54, 1.807) is 0 Å². The van der Waals surface area contributed by atoms with Crippen LogP contribution in [-0.2, 0) is 0 Å². The third kappa shape index (κ3) is 4.73. The molecule has 1 N–H and O–H groups in total. The van der Waals surface area contributed by atoms with Gasteiger partial charge < -0.3 is 5.32 Å². The Morgan fingerprint density at radius 1 is 0.724 bits per heavy atom. The molecule has 0 aliphatic heterocycles. The lowest BCUT2D eigenvalue weighted by molar-refractivity contribution is 0.462. The van der Waals surface area contributed by atoms with Crippen molar-refractivity contribution in [2.75, 3.05) is 5.32 Å². The van der Waals surface area contributed by atoms with Gasteiger partial charge in [0, 0.05) is 17.0 Å². The molecule has 0 bridgehead atoms. The van der Waals surface area contributed by atoms with Gasteiger partial charge in [-0.25, -0.2) is 0 Å². The van der Waals surface area contributed by atoms with E-state index in [1.807, 2.05) is 0 Å². The van der Waals surface area contributed by atoms with Gasteiger partial charge >= 0.3 is 0 Å². The molecule has 0 saturated heterocycles. The van der Waals surface area contributed by atoms with Crippen LogP contribution in [0.5, 0.6) is 0 Å². The summed E-state index contributed by atoms with van der Waals surface area (Å²) < 4.78 is 0. The van der Waals surface area contributed by atoms with Gasteiger partial charge in [-0.1, -0.05) is 112 Å². The van der Waals surface area contributed by atoms with Crippen LogP contribution in [0.2, 0.25) is 0 Å². The smallest absolute Gasteiger partial charge is 0.0462 e. The van der Waals surface area contributed by atoms with Crippen molar-refractivity contribution in [1.82, 2.24) is 0 Å². The molecule has 1 fully saturated rings. The zero-order chi connectivity index (χ0) is 20.1. The maximum atomic E-state index is 4.04. The van der Waals surface area contributed by atoms with Crippen LogP contribution in [0.4, 0.5) is 5.69 Å². The van der Waals surface area contributed by atoms with Crippen LogP contribution in [0.25, 0.3) is 0 Å². The van der Waals surface area contributed by atoms with Gasteiger partial charge in [-0.2, -0.15) is 0 Å². The molecule has 29 heavy (non-hydrogen) atoms. The minimum absolute atomic E-state index is 0.504. The van der Waals surface area contributed by atoms with E-state index < -0.39 is 7.92 Å². The van der Waals surface area contributed by atoms with E-state index in [-0.39, 0.29) is 0 Å². The first kappa shape index (κ1) is 20.2. The molecule has 1 nitrogen and oxygen atoms in total. The SMILES string of the molecule is CC(C)c1cccc(P(c2ccccc2)c2ccccc2)c1NC1CCCCC1. The summed E-state index contributed by atoms with van der Waals surface area (Å²) in [7, 11) is -0.597. The zero-order valence-corrected chi connectivity index (χ0v) is 18.5. The Balaban J connectivity index is 1.84. The number of anilines is 1. The molecule has 1 aliphatic rings. The van der Waals surface area contributed by atoms with Crippen molar-refractivity contribution >= 4 is 29.5 Å². The Morgan fingerprint density at radius 2 is 1.31 bits per heavy atom. The molecule has 0 atom stereocenters. The van der Waals surface area contributed by atoms with Gasteiger partial charge in [-0.3, -0.25) is 0 Å². The van der Waals surface area contributed by atoms with E-state index in [0.717, 1.165) is 0 Å². The molecule has 1 saturated carbocycles. The van der Waals surface area contributed by atoms with Crippen molar-refractivity contribution in [3.63, 3.8) is 0 Å². The minimum Gasteiger partial charge on any atom is -0.382 e. The minimum atomic E-state index is -0.597. The van der Waals surface area contributed by atoms with Gasteiger partial charge in [0.15, 0.2) is 0 Å². The summed E-state index contributed by atoms with van der Waals surface area (Å²) in [5.41, 5.74) is 2.85. The molecule has 0 spiro atoms. The molecule has 0 unspecified atom stereocenters. The highest BCUT2D eigenvalue weighted by Gasteiger charge is 2.24. The molecule has 3 aromatic carbocycles. The monoisotopic (exact) mass is 401 g/mol. The van der Waals surface area contributed by atoms with Crippen molar-refractivity contribution in [1.29, 1.82) is 0 Å². The molecule has 3 aromatic rings. The third-order valence-corrected chi connectivity index (χ3v) is 8.40. The van der Waals surface area contributed by atoms with Crippen molar-refractivity contribution < 1.29 is 0 Å². The molecule has 0 amide bonds. The van der Waals surface area contributed by atoms with E-state index in [4.69, 9.17) is 0 Å². The van der Waals surface area contributed by atoms with Gasteiger partial charge in [0.25, 0.3) is 0 Å². The number of nitrogens with one attached hydrogen (secondary N) is 1. The quantitative estimate of drug-likeness (QED) is 0.477. The summed E-state index contributed by atoms with van der Waals surface area (Å²) in [6.07, 6.45) is 6.67. The summed E-state index contributed by atoms with van der Waals surface area (Å²) in [5.74, 6) is 0.504. The number of hydrogen-bond donors (Lipinski definition) is 1. The average Bonchev–Trinajstić information content (AvgIpc) is 2.77. The van der Waals surface area contributed by atoms with E-state index >= 15 is 0 Å². The number of para-hydroxylation sites is 1. The van der Waals surface area contributed by atoms with Crippen LogP contribution in [0.3, 0.4) is 0 Å². The maximum Gasteiger partial charge on any atom is 0.0462 e. The molecular weight excluding hydrogens is 369 g/mol. The number of hydrogen-bond acceptors (Lipinski definition) is 1. The van der Waals surface area contributed by atoms with Gasteiger partial charge in [0.05, 0.1) is 0 Å². The summed E-state index contributed by atoms with van der Waals surface area (Å²) in [6.45, 7) is 4.64. The molecule has 0 radical (unpaired) electrons. The Kier molecular flexibility index (Phi) is 6.67. The van der Waals surface area contributed by atoms with Crippen molar-refractivity contribution in [3.05, 3.63) is 84.4 Å². The third-order valence-electron chi connectivity index (χ3n) is 5.92. The van der Waals surface area contributed by atoms with Crippen molar-refractivity contribution in [2.24, 2.45) is 0 Å². The Hall–Kier alpha value is -2.11. The Morgan fingerprint density at radius 3 is 1.86 bits per heavy atom. The highest BCUT2D eigenvalue weighted by molar-refractivity contribution is 7.80. The molecular formula is C27H32NP. The standard InChI is InChI=1S/C27H32NP/c1-21(2)25-19-12-20-26(27(25)28-22-13-6-3-7-14-22)29(23-15-8-4-9-16-23)24-17-10-5-11-18-24/h4-5,8-12,15-22,28H,3,6-7,13-14H2,1-2H3. The fourth-order valence-electron chi connectivity index (χ4n) is 4.41. The molecule has 150 valence electrons. The zero-order valence-electron chi connectivity index (χ0n) is 17.6. The summed E-state index contributed by atoms with van der Waals surface area (Å²) in [6, 6.07) is 29.7. The lowest BCUT2D eigenvalue weighted by atomic mass is 9.94. The lowest BCUT2D eigenvalue weighted by Crippen LogP contribution is -2.29. The molecule has 0 heterocycles. The highest BCUT2D eigenvalue weighted by atomic mass is 31.1. The van der Waals surface area contributed by atoms with E-state index in [0.29, 0.717) is 12.0 Å². The fourth-order valence-corrected chi connectivity index (χ4v) is 6.86. The fraction of sp³-hybridized carbons (Fsp3) is 0.333. The van der Waals surface area contributed by atoms with Crippen LogP contribution in [0.1, 0.15) is 57.4 Å². The van der Waals surface area contributed by atoms with E-state index in [9.17, 15) is 0 Å². The predicted octanol–water partition coefficient (Wildman–Crippen LogP) is 6.31. The number of benzene rings is 3. The largest absolute Gasteiger partial charge is 0.382 e. The lowest BCUT2D eigenvalue weighted by Gasteiger charge is -2.30.